The standard InChI is InChI=1S/C32H33F6N3O/c33-31(34,35)26-18-25(19-27(20-26)32(36,37)38)30(42)41-12-11-28(21-29(41)17-23-7-3-1-4-8-23)40-15-13-39(14-16-40)22-24-9-5-2-6-10-24/h1-10,18-20,28-29H,11-17,21-22H2. The summed E-state index contributed by atoms with van der Waals surface area (Å²) in [4.78, 5) is 19.9. The first-order chi connectivity index (χ1) is 20.0. The molecular formula is C32H33F6N3O. The molecule has 5 rings (SSSR count). The lowest BCUT2D eigenvalue weighted by atomic mass is 9.90. The van der Waals surface area contributed by atoms with Crippen LogP contribution in [-0.4, -0.2) is 65.4 Å². The van der Waals surface area contributed by atoms with Crippen LogP contribution < -0.4 is 0 Å². The number of piperidine rings is 1. The minimum absolute atomic E-state index is 0.0574. The molecule has 2 unspecified atom stereocenters. The van der Waals surface area contributed by atoms with Crippen LogP contribution >= 0.6 is 0 Å². The third-order valence-corrected chi connectivity index (χ3v) is 8.27. The van der Waals surface area contributed by atoms with Gasteiger partial charge in [-0.3, -0.25) is 14.6 Å². The van der Waals surface area contributed by atoms with Gasteiger partial charge in [0.1, 0.15) is 0 Å². The van der Waals surface area contributed by atoms with E-state index in [0.717, 1.165) is 38.3 Å². The maximum absolute atomic E-state index is 13.6. The third kappa shape index (κ3) is 7.33. The van der Waals surface area contributed by atoms with Gasteiger partial charge in [-0.25, -0.2) is 0 Å². The van der Waals surface area contributed by atoms with E-state index < -0.39 is 35.0 Å². The van der Waals surface area contributed by atoms with E-state index in [0.29, 0.717) is 31.4 Å². The molecule has 2 atom stereocenters. The number of benzene rings is 3. The fourth-order valence-corrected chi connectivity index (χ4v) is 6.08. The van der Waals surface area contributed by atoms with Crippen LogP contribution in [-0.2, 0) is 25.3 Å². The van der Waals surface area contributed by atoms with Gasteiger partial charge in [-0.15, -0.1) is 0 Å². The number of hydrogen-bond donors (Lipinski definition) is 0. The van der Waals surface area contributed by atoms with E-state index in [1.807, 2.05) is 48.5 Å². The normalized spacial score (nSPS) is 21.0. The summed E-state index contributed by atoms with van der Waals surface area (Å²) in [5.74, 6) is -0.807. The zero-order valence-electron chi connectivity index (χ0n) is 23.0. The number of amides is 1. The number of nitrogens with zero attached hydrogens (tertiary/aromatic N) is 3. The molecule has 4 nitrogen and oxygen atoms in total. The highest BCUT2D eigenvalue weighted by Crippen LogP contribution is 2.37. The minimum Gasteiger partial charge on any atom is -0.335 e. The molecule has 0 N–H and O–H groups in total. The minimum atomic E-state index is -5.02. The molecule has 10 heteroatoms. The van der Waals surface area contributed by atoms with Crippen molar-refractivity contribution in [2.45, 2.75) is 50.2 Å². The second-order valence-corrected chi connectivity index (χ2v) is 11.1. The van der Waals surface area contributed by atoms with Crippen LogP contribution in [0, 0.1) is 0 Å². The topological polar surface area (TPSA) is 26.8 Å². The highest BCUT2D eigenvalue weighted by atomic mass is 19.4. The number of rotatable bonds is 6. The van der Waals surface area contributed by atoms with Gasteiger partial charge in [0.25, 0.3) is 5.91 Å². The van der Waals surface area contributed by atoms with Crippen molar-refractivity contribution >= 4 is 5.91 Å². The largest absolute Gasteiger partial charge is 0.416 e. The fraction of sp³-hybridized carbons (Fsp3) is 0.406. The molecule has 3 aromatic rings. The van der Waals surface area contributed by atoms with Crippen LogP contribution in [0.25, 0.3) is 0 Å². The van der Waals surface area contributed by atoms with Crippen molar-refractivity contribution < 1.29 is 31.1 Å². The van der Waals surface area contributed by atoms with Gasteiger partial charge < -0.3 is 4.90 Å². The molecular weight excluding hydrogens is 556 g/mol. The third-order valence-electron chi connectivity index (χ3n) is 8.27. The number of carbonyl (C=O) groups is 1. The highest BCUT2D eigenvalue weighted by Gasteiger charge is 2.40. The van der Waals surface area contributed by atoms with Crippen molar-refractivity contribution in [2.75, 3.05) is 32.7 Å². The average molecular weight is 590 g/mol. The summed E-state index contributed by atoms with van der Waals surface area (Å²) in [7, 11) is 0. The second-order valence-electron chi connectivity index (χ2n) is 11.1. The van der Waals surface area contributed by atoms with E-state index in [4.69, 9.17) is 0 Å². The summed E-state index contributed by atoms with van der Waals surface area (Å²) in [6.07, 6.45) is -8.39. The number of alkyl halides is 6. The number of hydrogen-bond acceptors (Lipinski definition) is 3. The number of piperazine rings is 1. The molecule has 0 saturated carbocycles. The first-order valence-corrected chi connectivity index (χ1v) is 14.1. The first kappa shape index (κ1) is 30.1. The maximum atomic E-state index is 13.6. The zero-order chi connectivity index (χ0) is 29.9. The lowest BCUT2D eigenvalue weighted by molar-refractivity contribution is -0.143. The van der Waals surface area contributed by atoms with Crippen molar-refractivity contribution in [1.29, 1.82) is 0 Å². The Labute approximate surface area is 241 Å². The second kappa shape index (κ2) is 12.5. The molecule has 2 fully saturated rings. The predicted molar refractivity (Wildman–Crippen MR) is 148 cm³/mol. The summed E-state index contributed by atoms with van der Waals surface area (Å²) in [6.45, 7) is 4.61. The Kier molecular flexibility index (Phi) is 8.94. The smallest absolute Gasteiger partial charge is 0.335 e. The van der Waals surface area contributed by atoms with Gasteiger partial charge in [0.15, 0.2) is 0 Å². The fourth-order valence-electron chi connectivity index (χ4n) is 6.08. The molecule has 0 aromatic heterocycles. The number of halogens is 6. The van der Waals surface area contributed by atoms with E-state index in [-0.39, 0.29) is 24.7 Å². The van der Waals surface area contributed by atoms with Crippen molar-refractivity contribution in [1.82, 2.24) is 14.7 Å². The van der Waals surface area contributed by atoms with Gasteiger partial charge in [0.05, 0.1) is 11.1 Å². The van der Waals surface area contributed by atoms with Crippen LogP contribution in [0.1, 0.15) is 45.5 Å². The SMILES string of the molecule is O=C(c1cc(C(F)(F)F)cc(C(F)(F)F)c1)N1CCC(N2CCN(Cc3ccccc3)CC2)CC1Cc1ccccc1. The summed E-state index contributed by atoms with van der Waals surface area (Å²) in [5, 5.41) is 0. The average Bonchev–Trinajstić information content (AvgIpc) is 2.97. The highest BCUT2D eigenvalue weighted by molar-refractivity contribution is 5.95. The van der Waals surface area contributed by atoms with Gasteiger partial charge in [-0.1, -0.05) is 60.7 Å². The maximum Gasteiger partial charge on any atom is 0.416 e. The number of likely N-dealkylation sites (tertiary alicyclic amines) is 1. The Morgan fingerprint density at radius 2 is 1.26 bits per heavy atom. The lowest BCUT2D eigenvalue weighted by Crippen LogP contribution is -2.56. The summed E-state index contributed by atoms with van der Waals surface area (Å²) >= 11 is 0. The molecule has 0 spiro atoms. The van der Waals surface area contributed by atoms with E-state index in [2.05, 4.69) is 21.9 Å². The van der Waals surface area contributed by atoms with E-state index >= 15 is 0 Å². The van der Waals surface area contributed by atoms with Gasteiger partial charge in [-0.05, 0) is 48.6 Å². The Morgan fingerprint density at radius 1 is 0.714 bits per heavy atom. The van der Waals surface area contributed by atoms with E-state index in [1.165, 1.54) is 10.5 Å². The molecule has 2 heterocycles. The van der Waals surface area contributed by atoms with E-state index in [9.17, 15) is 31.1 Å². The van der Waals surface area contributed by atoms with Gasteiger partial charge in [-0.2, -0.15) is 26.3 Å². The van der Waals surface area contributed by atoms with Crippen molar-refractivity contribution in [2.24, 2.45) is 0 Å². The number of carbonyl (C=O) groups excluding carboxylic acids is 1. The summed E-state index contributed by atoms with van der Waals surface area (Å²) in [5.41, 5.74) is -1.35. The predicted octanol–water partition coefficient (Wildman–Crippen LogP) is 6.76. The van der Waals surface area contributed by atoms with Crippen molar-refractivity contribution in [3.05, 3.63) is 107 Å². The Morgan fingerprint density at radius 3 is 1.81 bits per heavy atom. The van der Waals surface area contributed by atoms with Crippen LogP contribution in [0.15, 0.2) is 78.9 Å². The van der Waals surface area contributed by atoms with Crippen LogP contribution in [0.4, 0.5) is 26.3 Å². The summed E-state index contributed by atoms with van der Waals surface area (Å²) < 4.78 is 81.1. The van der Waals surface area contributed by atoms with Crippen LogP contribution in [0.2, 0.25) is 0 Å². The molecule has 0 radical (unpaired) electrons. The molecule has 3 aromatic carbocycles. The van der Waals surface area contributed by atoms with Crippen molar-refractivity contribution in [3.63, 3.8) is 0 Å². The molecule has 2 saturated heterocycles. The molecule has 0 aliphatic carbocycles. The Balaban J connectivity index is 1.34. The molecule has 224 valence electrons. The van der Waals surface area contributed by atoms with Gasteiger partial charge in [0, 0.05) is 56.9 Å². The quantitative estimate of drug-likeness (QED) is 0.298. The molecule has 2 aliphatic heterocycles. The van der Waals surface area contributed by atoms with Crippen molar-refractivity contribution in [3.8, 4) is 0 Å². The monoisotopic (exact) mass is 589 g/mol. The van der Waals surface area contributed by atoms with Gasteiger partial charge in [0.2, 0.25) is 0 Å². The van der Waals surface area contributed by atoms with Crippen LogP contribution in [0.5, 0.6) is 0 Å². The molecule has 2 aliphatic rings. The zero-order valence-corrected chi connectivity index (χ0v) is 23.0. The Hall–Kier alpha value is -3.37. The molecule has 1 amide bonds. The molecule has 0 bridgehead atoms. The lowest BCUT2D eigenvalue weighted by Gasteiger charge is -2.46. The van der Waals surface area contributed by atoms with Crippen LogP contribution in [0.3, 0.4) is 0 Å². The first-order valence-electron chi connectivity index (χ1n) is 14.1. The van der Waals surface area contributed by atoms with Gasteiger partial charge >= 0.3 is 12.4 Å². The molecule has 42 heavy (non-hydrogen) atoms. The summed E-state index contributed by atoms with van der Waals surface area (Å²) in [6, 6.07) is 20.6. The van der Waals surface area contributed by atoms with E-state index in [1.54, 1.807) is 0 Å². The Bertz CT molecular complexity index is 1310.